The van der Waals surface area contributed by atoms with E-state index in [2.05, 4.69) is 18.2 Å². The number of benzene rings is 2. The second kappa shape index (κ2) is 8.70. The molecule has 3 heteroatoms. The molecule has 0 atom stereocenters. The molecule has 0 heterocycles. The molecule has 1 fully saturated rings. The molecule has 0 aliphatic heterocycles. The second-order valence-electron chi connectivity index (χ2n) is 6.98. The number of nitrogens with two attached hydrogens (primary N) is 1. The number of rotatable bonds is 7. The third-order valence-corrected chi connectivity index (χ3v) is 4.99. The summed E-state index contributed by atoms with van der Waals surface area (Å²) in [5.74, 6) is 1.34. The van der Waals surface area contributed by atoms with Gasteiger partial charge in [-0.1, -0.05) is 55.7 Å². The molecule has 0 spiro atoms. The lowest BCUT2D eigenvalue weighted by Gasteiger charge is -2.22. The van der Waals surface area contributed by atoms with Crippen molar-refractivity contribution >= 4 is 5.91 Å². The minimum Gasteiger partial charge on any atom is -0.493 e. The zero-order valence-electron chi connectivity index (χ0n) is 14.7. The molecular weight excluding hydrogens is 310 g/mol. The van der Waals surface area contributed by atoms with E-state index in [1.54, 1.807) is 0 Å². The predicted octanol–water partition coefficient (Wildman–Crippen LogP) is 4.73. The zero-order valence-corrected chi connectivity index (χ0v) is 14.7. The first kappa shape index (κ1) is 17.5. The molecule has 1 aliphatic carbocycles. The number of carbonyl (C=O) groups is 1. The molecule has 1 amide bonds. The van der Waals surface area contributed by atoms with Gasteiger partial charge in [0.15, 0.2) is 0 Å². The third kappa shape index (κ3) is 5.09. The summed E-state index contributed by atoms with van der Waals surface area (Å²) in [6.07, 6.45) is 7.60. The van der Waals surface area contributed by atoms with Crippen molar-refractivity contribution in [2.75, 3.05) is 6.61 Å². The highest BCUT2D eigenvalue weighted by Crippen LogP contribution is 2.33. The van der Waals surface area contributed by atoms with Crippen molar-refractivity contribution in [1.82, 2.24) is 0 Å². The Morgan fingerprint density at radius 2 is 1.80 bits per heavy atom. The molecule has 3 rings (SSSR count). The van der Waals surface area contributed by atoms with E-state index in [0.29, 0.717) is 18.8 Å². The van der Waals surface area contributed by atoms with E-state index in [-0.39, 0.29) is 5.91 Å². The van der Waals surface area contributed by atoms with Crippen LogP contribution in [0.1, 0.15) is 44.1 Å². The van der Waals surface area contributed by atoms with Gasteiger partial charge in [0.05, 0.1) is 6.61 Å². The Morgan fingerprint density at radius 3 is 2.52 bits per heavy atom. The van der Waals surface area contributed by atoms with Crippen LogP contribution in [0.2, 0.25) is 0 Å². The van der Waals surface area contributed by atoms with Gasteiger partial charge in [0.25, 0.3) is 0 Å². The molecule has 1 aliphatic rings. The summed E-state index contributed by atoms with van der Waals surface area (Å²) in [5.41, 5.74) is 8.64. The standard InChI is InChI=1S/C22H27NO2/c23-22(24)14-12-17-11-13-21(25-16-18-7-3-1-4-8-18)20(15-17)19-9-5-2-6-10-19/h2,5-6,9-11,13,15,18H,1,3-4,7-8,12,14,16H2,(H2,23,24). The first-order chi connectivity index (χ1) is 12.2. The maximum atomic E-state index is 11.1. The molecule has 3 nitrogen and oxygen atoms in total. The Kier molecular flexibility index (Phi) is 6.10. The van der Waals surface area contributed by atoms with Gasteiger partial charge in [-0.25, -0.2) is 0 Å². The summed E-state index contributed by atoms with van der Waals surface area (Å²) in [4.78, 5) is 11.1. The zero-order chi connectivity index (χ0) is 17.5. The topological polar surface area (TPSA) is 52.3 Å². The van der Waals surface area contributed by atoms with E-state index >= 15 is 0 Å². The van der Waals surface area contributed by atoms with Crippen LogP contribution in [0.15, 0.2) is 48.5 Å². The third-order valence-electron chi connectivity index (χ3n) is 4.99. The highest BCUT2D eigenvalue weighted by molar-refractivity contribution is 5.74. The Morgan fingerprint density at radius 1 is 1.04 bits per heavy atom. The molecule has 25 heavy (non-hydrogen) atoms. The van der Waals surface area contributed by atoms with Gasteiger partial charge < -0.3 is 10.5 Å². The maximum absolute atomic E-state index is 11.1. The van der Waals surface area contributed by atoms with E-state index in [1.165, 1.54) is 32.1 Å². The van der Waals surface area contributed by atoms with Crippen molar-refractivity contribution in [3.05, 3.63) is 54.1 Å². The van der Waals surface area contributed by atoms with Crippen LogP contribution in [0, 0.1) is 5.92 Å². The van der Waals surface area contributed by atoms with E-state index < -0.39 is 0 Å². The Bertz CT molecular complexity index is 690. The number of carbonyl (C=O) groups excluding carboxylic acids is 1. The van der Waals surface area contributed by atoms with Gasteiger partial charge in [0.1, 0.15) is 5.75 Å². The predicted molar refractivity (Wildman–Crippen MR) is 101 cm³/mol. The molecule has 0 radical (unpaired) electrons. The molecule has 1 saturated carbocycles. The molecule has 0 unspecified atom stereocenters. The summed E-state index contributed by atoms with van der Waals surface area (Å²) in [7, 11) is 0. The van der Waals surface area contributed by atoms with Crippen molar-refractivity contribution in [2.45, 2.75) is 44.9 Å². The lowest BCUT2D eigenvalue weighted by Crippen LogP contribution is -2.15. The average Bonchev–Trinajstić information content (AvgIpc) is 2.66. The molecular formula is C22H27NO2. The van der Waals surface area contributed by atoms with Crippen LogP contribution in [-0.4, -0.2) is 12.5 Å². The maximum Gasteiger partial charge on any atom is 0.217 e. The highest BCUT2D eigenvalue weighted by atomic mass is 16.5. The number of hydrogen-bond donors (Lipinski definition) is 1. The summed E-state index contributed by atoms with van der Waals surface area (Å²) in [5, 5.41) is 0. The smallest absolute Gasteiger partial charge is 0.217 e. The first-order valence-corrected chi connectivity index (χ1v) is 9.32. The molecule has 0 saturated heterocycles. The van der Waals surface area contributed by atoms with Crippen LogP contribution >= 0.6 is 0 Å². The highest BCUT2D eigenvalue weighted by Gasteiger charge is 2.15. The molecule has 2 N–H and O–H groups in total. The number of amides is 1. The van der Waals surface area contributed by atoms with Crippen LogP contribution in [-0.2, 0) is 11.2 Å². The quantitative estimate of drug-likeness (QED) is 0.794. The minimum absolute atomic E-state index is 0.265. The Balaban J connectivity index is 1.79. The van der Waals surface area contributed by atoms with Gasteiger partial charge in [0.2, 0.25) is 5.91 Å². The van der Waals surface area contributed by atoms with Gasteiger partial charge >= 0.3 is 0 Å². The minimum atomic E-state index is -0.265. The van der Waals surface area contributed by atoms with Gasteiger partial charge in [-0.15, -0.1) is 0 Å². The van der Waals surface area contributed by atoms with Gasteiger partial charge in [0, 0.05) is 12.0 Å². The average molecular weight is 337 g/mol. The fourth-order valence-corrected chi connectivity index (χ4v) is 3.53. The largest absolute Gasteiger partial charge is 0.493 e. The van der Waals surface area contributed by atoms with Gasteiger partial charge in [-0.05, 0) is 48.4 Å². The molecule has 2 aromatic carbocycles. The lowest BCUT2D eigenvalue weighted by molar-refractivity contribution is -0.117. The Hall–Kier alpha value is -2.29. The van der Waals surface area contributed by atoms with Crippen molar-refractivity contribution in [1.29, 1.82) is 0 Å². The normalized spacial score (nSPS) is 15.0. The van der Waals surface area contributed by atoms with Gasteiger partial charge in [-0.3, -0.25) is 4.79 Å². The summed E-state index contributed by atoms with van der Waals surface area (Å²) in [6.45, 7) is 0.792. The summed E-state index contributed by atoms with van der Waals surface area (Å²) in [6, 6.07) is 16.5. The fraction of sp³-hybridized carbons (Fsp3) is 0.409. The Labute approximate surface area is 150 Å². The molecule has 0 bridgehead atoms. The van der Waals surface area contributed by atoms with Crippen LogP contribution in [0.4, 0.5) is 0 Å². The van der Waals surface area contributed by atoms with Crippen molar-refractivity contribution in [3.8, 4) is 16.9 Å². The van der Waals surface area contributed by atoms with E-state index in [4.69, 9.17) is 10.5 Å². The number of hydrogen-bond acceptors (Lipinski definition) is 2. The second-order valence-corrected chi connectivity index (χ2v) is 6.98. The van der Waals surface area contributed by atoms with E-state index in [0.717, 1.165) is 29.0 Å². The number of primary amides is 1. The van der Waals surface area contributed by atoms with E-state index in [9.17, 15) is 4.79 Å². The van der Waals surface area contributed by atoms with Gasteiger partial charge in [-0.2, -0.15) is 0 Å². The monoisotopic (exact) mass is 337 g/mol. The summed E-state index contributed by atoms with van der Waals surface area (Å²) < 4.78 is 6.22. The van der Waals surface area contributed by atoms with Crippen molar-refractivity contribution in [3.63, 3.8) is 0 Å². The van der Waals surface area contributed by atoms with E-state index in [1.807, 2.05) is 30.3 Å². The lowest BCUT2D eigenvalue weighted by atomic mass is 9.90. The SMILES string of the molecule is NC(=O)CCc1ccc(OCC2CCCCC2)c(-c2ccccc2)c1. The first-order valence-electron chi connectivity index (χ1n) is 9.32. The van der Waals surface area contributed by atoms with Crippen LogP contribution in [0.5, 0.6) is 5.75 Å². The summed E-state index contributed by atoms with van der Waals surface area (Å²) >= 11 is 0. The number of aryl methyl sites for hydroxylation is 1. The van der Waals surface area contributed by atoms with Crippen LogP contribution < -0.4 is 10.5 Å². The molecule has 132 valence electrons. The number of ether oxygens (including phenoxy) is 1. The van der Waals surface area contributed by atoms with Crippen LogP contribution in [0.25, 0.3) is 11.1 Å². The fourth-order valence-electron chi connectivity index (χ4n) is 3.53. The van der Waals surface area contributed by atoms with Crippen molar-refractivity contribution in [2.24, 2.45) is 11.7 Å². The van der Waals surface area contributed by atoms with Crippen molar-refractivity contribution < 1.29 is 9.53 Å². The van der Waals surface area contributed by atoms with Crippen LogP contribution in [0.3, 0.4) is 0 Å². The molecule has 2 aromatic rings. The molecule has 0 aromatic heterocycles.